The molecule has 6 fully saturated rings. The van der Waals surface area contributed by atoms with Crippen molar-refractivity contribution in [2.24, 2.45) is 0 Å². The third kappa shape index (κ3) is 3.47. The normalized spacial score (nSPS) is 66.0. The first-order valence-electron chi connectivity index (χ1n) is 8.01. The summed E-state index contributed by atoms with van der Waals surface area (Å²) in [6, 6.07) is 0. The van der Waals surface area contributed by atoms with Crippen molar-refractivity contribution in [3.8, 4) is 0 Å². The molecule has 0 aromatic heterocycles. The summed E-state index contributed by atoms with van der Waals surface area (Å²) in [5.74, 6) is 0. The van der Waals surface area contributed by atoms with E-state index >= 15 is 0 Å². The fraction of sp³-hybridized carbons (Fsp3) is 1.00. The van der Waals surface area contributed by atoms with E-state index in [0.29, 0.717) is 0 Å². The molecule has 0 aromatic rings. The third-order valence-electron chi connectivity index (χ3n) is 3.91. The van der Waals surface area contributed by atoms with Crippen molar-refractivity contribution < 1.29 is 63.8 Å². The highest BCUT2D eigenvalue weighted by molar-refractivity contribution is 6.99. The lowest BCUT2D eigenvalue weighted by atomic mass is 11.9. The van der Waals surface area contributed by atoms with Gasteiger partial charge in [-0.3, -0.25) is 0 Å². The molecule has 23 heteroatoms. The van der Waals surface area contributed by atoms with Crippen LogP contribution in [0.5, 0.6) is 0 Å². The van der Waals surface area contributed by atoms with Crippen LogP contribution in [0.15, 0.2) is 0 Å². The van der Waals surface area contributed by atoms with Gasteiger partial charge in [0.25, 0.3) is 0 Å². The van der Waals surface area contributed by atoms with Crippen LogP contribution in [-0.2, 0) is 49.4 Å². The third-order valence-corrected chi connectivity index (χ3v) is 35.2. The molecule has 160 valence electrons. The zero-order valence-electron chi connectivity index (χ0n) is 15.1. The van der Waals surface area contributed by atoms with Crippen LogP contribution >= 0.6 is 0 Å². The lowest BCUT2D eigenvalue weighted by Gasteiger charge is -2.65. The van der Waals surface area contributed by atoms with E-state index in [1.54, 1.807) is 0 Å². The van der Waals surface area contributed by atoms with Crippen molar-refractivity contribution in [2.75, 3.05) is 0 Å². The molecule has 0 aromatic carbocycles. The zero-order valence-corrected chi connectivity index (χ0v) is 23.1. The zero-order chi connectivity index (χ0) is 20.5. The van der Waals surface area contributed by atoms with E-state index in [4.69, 9.17) is 49.4 Å². The van der Waals surface area contributed by atoms with Gasteiger partial charge in [-0.2, -0.15) is 0 Å². The van der Waals surface area contributed by atoms with Gasteiger partial charge in [-0.25, -0.2) is 0 Å². The summed E-state index contributed by atoms with van der Waals surface area (Å²) < 4.78 is 67.2. The topological polar surface area (TPSA) is 180 Å². The van der Waals surface area contributed by atoms with E-state index in [2.05, 4.69) is 0 Å². The Morgan fingerprint density at radius 2 is 0.500 bits per heavy atom. The summed E-state index contributed by atoms with van der Waals surface area (Å²) >= 11 is 0. The number of hydrogen-bond acceptors (Lipinski definition) is 15. The second-order valence-electron chi connectivity index (χ2n) is 7.04. The van der Waals surface area contributed by atoms with Gasteiger partial charge in [0.15, 0.2) is 0 Å². The number of hydrogen-bond donors (Lipinski definition) is 0. The molecule has 0 radical (unpaired) electrons. The van der Waals surface area contributed by atoms with E-state index in [1.165, 1.54) is 32.7 Å². The largest absolute Gasteiger partial charge is 0.795 e. The maximum atomic E-state index is 13.3. The molecule has 4 atom stereocenters. The van der Waals surface area contributed by atoms with Crippen molar-refractivity contribution in [1.29, 1.82) is 0 Å². The second-order valence-corrected chi connectivity index (χ2v) is 28.5. The van der Waals surface area contributed by atoms with Gasteiger partial charge in [0.2, 0.25) is 0 Å². The monoisotopic (exact) mass is 539 g/mol. The number of rotatable bonds is 0. The van der Waals surface area contributed by atoms with Gasteiger partial charge in [0.05, 0.1) is 0 Å². The SMILES string of the molecule is C[Si]12O[Si]3(C)O[Si]4(C)O[Si](C)(O1)O[Si]1([O-])O[Si](C)(O2)O[Si]([O-])(O3)O[Si]([O-])(O4)O1. The molecule has 28 heavy (non-hydrogen) atoms. The van der Waals surface area contributed by atoms with Crippen LogP contribution < -0.4 is 14.4 Å². The summed E-state index contributed by atoms with van der Waals surface area (Å²) in [6.07, 6.45) is 0. The van der Waals surface area contributed by atoms with Crippen molar-refractivity contribution in [1.82, 2.24) is 0 Å². The average molecular weight is 540 g/mol. The first kappa shape index (κ1) is 21.0. The Morgan fingerprint density at radius 1 is 0.321 bits per heavy atom. The molecule has 0 spiro atoms. The smallest absolute Gasteiger partial charge is 0.475 e. The molecule has 0 amide bonds. The predicted molar refractivity (Wildman–Crippen MR) is 88.4 cm³/mol. The molecule has 6 heterocycles. The van der Waals surface area contributed by atoms with E-state index in [1.807, 2.05) is 0 Å². The minimum Gasteiger partial charge on any atom is -0.795 e. The Labute approximate surface area is 167 Å². The molecule has 8 bridgehead atoms. The van der Waals surface area contributed by atoms with Crippen LogP contribution in [0.2, 0.25) is 32.7 Å². The average Bonchev–Trinajstić information content (AvgIpc) is 2.22. The van der Waals surface area contributed by atoms with Crippen molar-refractivity contribution in [3.63, 3.8) is 0 Å². The molecule has 0 N–H and O–H groups in total. The minimum atomic E-state index is -5.27. The van der Waals surface area contributed by atoms with Crippen molar-refractivity contribution in [2.45, 2.75) is 32.7 Å². The van der Waals surface area contributed by atoms with E-state index < -0.39 is 71.2 Å². The molecule has 6 saturated heterocycles. The van der Waals surface area contributed by atoms with E-state index in [9.17, 15) is 14.4 Å². The Bertz CT molecular complexity index is 486. The van der Waals surface area contributed by atoms with Gasteiger partial charge in [-0.15, -0.1) is 0 Å². The highest BCUT2D eigenvalue weighted by atomic mass is 28.6. The summed E-state index contributed by atoms with van der Waals surface area (Å²) in [4.78, 5) is 39.7. The molecule has 15 nitrogen and oxygen atoms in total. The summed E-state index contributed by atoms with van der Waals surface area (Å²) in [6.45, 7) is 6.84. The van der Waals surface area contributed by atoms with Crippen LogP contribution in [0.25, 0.3) is 0 Å². The second kappa shape index (κ2) is 5.54. The Kier molecular flexibility index (Phi) is 4.16. The van der Waals surface area contributed by atoms with Gasteiger partial charge in [-0.1, -0.05) is 0 Å². The highest BCUT2D eigenvalue weighted by Crippen LogP contribution is 2.44. The lowest BCUT2D eigenvalue weighted by Crippen LogP contribution is -2.92. The van der Waals surface area contributed by atoms with E-state index in [-0.39, 0.29) is 0 Å². The van der Waals surface area contributed by atoms with Crippen molar-refractivity contribution >= 4 is 71.2 Å². The lowest BCUT2D eigenvalue weighted by molar-refractivity contribution is -0.360. The quantitative estimate of drug-likeness (QED) is 0.268. The van der Waals surface area contributed by atoms with Gasteiger partial charge in [0, 0.05) is 32.7 Å². The molecular formula is C5H15O15Si8-3. The molecule has 0 aliphatic carbocycles. The molecule has 6 rings (SSSR count). The maximum Gasteiger partial charge on any atom is 0.475 e. The fourth-order valence-electron chi connectivity index (χ4n) is 3.63. The van der Waals surface area contributed by atoms with Gasteiger partial charge in [0.1, 0.15) is 0 Å². The Morgan fingerprint density at radius 3 is 0.786 bits per heavy atom. The first-order valence-corrected chi connectivity index (χ1v) is 24.0. The van der Waals surface area contributed by atoms with Crippen LogP contribution in [0.4, 0.5) is 0 Å². The minimum absolute atomic E-state index is 1.25. The standard InChI is InChI=1S/C5H15O15Si8/c1-21-9-22(2)12-24(4)13-23(3,10-21)15-27(7)18-25(5,11-21)17-26(6,14-22)19-28(8,16-24)20-27/h1-5H3/q-3. The predicted octanol–water partition coefficient (Wildman–Crippen LogP) is -4.52. The maximum absolute atomic E-state index is 13.3. The summed E-state index contributed by atoms with van der Waals surface area (Å²) in [5, 5.41) is 0. The van der Waals surface area contributed by atoms with Gasteiger partial charge < -0.3 is 63.8 Å². The summed E-state index contributed by atoms with van der Waals surface area (Å²) in [5.41, 5.74) is 0. The highest BCUT2D eigenvalue weighted by Gasteiger charge is 2.74. The molecule has 6 aliphatic heterocycles. The van der Waals surface area contributed by atoms with Crippen LogP contribution in [0.1, 0.15) is 0 Å². The Hall–Kier alpha value is 1.14. The van der Waals surface area contributed by atoms with Crippen molar-refractivity contribution in [3.05, 3.63) is 0 Å². The van der Waals surface area contributed by atoms with Crippen LogP contribution in [0, 0.1) is 0 Å². The molecule has 4 unspecified atom stereocenters. The summed E-state index contributed by atoms with van der Waals surface area (Å²) in [7, 11) is -35.2. The molecule has 0 saturated carbocycles. The molecule has 6 aliphatic rings. The Balaban J connectivity index is 1.79. The first-order chi connectivity index (χ1) is 12.5. The molecular weight excluding hydrogens is 525 g/mol. The van der Waals surface area contributed by atoms with E-state index in [0.717, 1.165) is 0 Å². The van der Waals surface area contributed by atoms with Gasteiger partial charge >= 0.3 is 71.2 Å². The van der Waals surface area contributed by atoms with Gasteiger partial charge in [-0.05, 0) is 0 Å². The van der Waals surface area contributed by atoms with Crippen LogP contribution in [0.3, 0.4) is 0 Å². The fourth-order valence-corrected chi connectivity index (χ4v) is 41.6. The van der Waals surface area contributed by atoms with Crippen LogP contribution in [-0.4, -0.2) is 71.2 Å².